The van der Waals surface area contributed by atoms with E-state index in [1.807, 2.05) is 25.1 Å². The van der Waals surface area contributed by atoms with Crippen molar-refractivity contribution in [3.63, 3.8) is 0 Å². The number of nitrogens with one attached hydrogen (secondary N) is 1. The van der Waals surface area contributed by atoms with E-state index in [-0.39, 0.29) is 6.79 Å². The van der Waals surface area contributed by atoms with Crippen LogP contribution in [0.4, 0.5) is 0 Å². The lowest BCUT2D eigenvalue weighted by molar-refractivity contribution is -0.170. The van der Waals surface area contributed by atoms with Crippen molar-refractivity contribution < 1.29 is 48.8 Å². The summed E-state index contributed by atoms with van der Waals surface area (Å²) >= 11 is 6.26. The Morgan fingerprint density at radius 3 is 2.41 bits per heavy atom. The summed E-state index contributed by atoms with van der Waals surface area (Å²) in [6, 6.07) is 6.48. The summed E-state index contributed by atoms with van der Waals surface area (Å²) in [5.41, 5.74) is -0.676. The number of benzene rings is 1. The van der Waals surface area contributed by atoms with Gasteiger partial charge in [-0.15, -0.1) is 0 Å². The number of hydrogen-bond donors (Lipinski definition) is 5. The highest BCUT2D eigenvalue weighted by Crippen LogP contribution is 2.40. The molecular formula is C24H29ClN2O10. The molecule has 0 radical (unpaired) electrons. The Hall–Kier alpha value is -3.35. The highest BCUT2D eigenvalue weighted by Gasteiger charge is 2.40. The third-order valence-corrected chi connectivity index (χ3v) is 6.42. The normalized spacial score (nSPS) is 18.2. The Labute approximate surface area is 217 Å². The van der Waals surface area contributed by atoms with Gasteiger partial charge in [-0.2, -0.15) is 0 Å². The minimum absolute atomic E-state index is 0.243. The minimum atomic E-state index is -2.74. The molecule has 1 saturated carbocycles. The van der Waals surface area contributed by atoms with E-state index < -0.39 is 36.4 Å². The summed E-state index contributed by atoms with van der Waals surface area (Å²) in [7, 11) is 0. The Kier molecular flexibility index (Phi) is 9.35. The van der Waals surface area contributed by atoms with Gasteiger partial charge < -0.3 is 39.7 Å². The monoisotopic (exact) mass is 540 g/mol. The maximum atomic E-state index is 10.3. The molecule has 12 nitrogen and oxygen atoms in total. The van der Waals surface area contributed by atoms with Crippen LogP contribution in [0.25, 0.3) is 0 Å². The van der Waals surface area contributed by atoms with Gasteiger partial charge in [-0.25, -0.2) is 4.79 Å². The first kappa shape index (κ1) is 28.2. The lowest BCUT2D eigenvalue weighted by Crippen LogP contribution is -2.42. The van der Waals surface area contributed by atoms with E-state index in [1.54, 1.807) is 0 Å². The molecule has 0 spiro atoms. The van der Waals surface area contributed by atoms with Crippen LogP contribution in [0, 0.1) is 12.8 Å². The number of rotatable bonds is 10. The number of nitrogens with zero attached hydrogens (tertiary/aromatic N) is 1. The number of carboxylic acids is 3. The van der Waals surface area contributed by atoms with E-state index in [4.69, 9.17) is 46.0 Å². The van der Waals surface area contributed by atoms with Gasteiger partial charge in [-0.1, -0.05) is 23.2 Å². The van der Waals surface area contributed by atoms with E-state index in [0.717, 1.165) is 35.7 Å². The Morgan fingerprint density at radius 1 is 1.11 bits per heavy atom. The predicted molar refractivity (Wildman–Crippen MR) is 128 cm³/mol. The number of aromatic nitrogens is 1. The molecule has 0 unspecified atom stereocenters. The molecule has 37 heavy (non-hydrogen) atoms. The van der Waals surface area contributed by atoms with Gasteiger partial charge in [0.05, 0.1) is 23.6 Å². The summed E-state index contributed by atoms with van der Waals surface area (Å²) < 4.78 is 16.2. The molecule has 1 aromatic carbocycles. The molecule has 1 aliphatic heterocycles. The van der Waals surface area contributed by atoms with Gasteiger partial charge in [-0.3, -0.25) is 9.59 Å². The Balaban J connectivity index is 0.000000251. The molecular weight excluding hydrogens is 512 g/mol. The molecule has 13 heteroatoms. The number of ether oxygens (including phenoxy) is 2. The van der Waals surface area contributed by atoms with Gasteiger partial charge in [-0.05, 0) is 43.4 Å². The summed E-state index contributed by atoms with van der Waals surface area (Å²) in [5.74, 6) is -2.06. The Bertz CT molecular complexity index is 1120. The van der Waals surface area contributed by atoms with Crippen LogP contribution in [0.3, 0.4) is 0 Å². The SMILES string of the molecule is Cc1cc(C[C@@H]2CCC[C@H]2NCc2cc(Cl)c3c(c2)OCO3)on1.O=C(O)CC(O)(CC(=O)O)C(=O)O. The van der Waals surface area contributed by atoms with Crippen LogP contribution in [0.5, 0.6) is 11.5 Å². The van der Waals surface area contributed by atoms with Crippen LogP contribution in [0.2, 0.25) is 5.02 Å². The fourth-order valence-corrected chi connectivity index (χ4v) is 4.69. The molecule has 1 aliphatic carbocycles. The van der Waals surface area contributed by atoms with Crippen molar-refractivity contribution in [2.75, 3.05) is 6.79 Å². The molecule has 2 aromatic rings. The van der Waals surface area contributed by atoms with Crippen molar-refractivity contribution >= 4 is 29.5 Å². The van der Waals surface area contributed by atoms with Gasteiger partial charge in [0.15, 0.2) is 17.1 Å². The van der Waals surface area contributed by atoms with Gasteiger partial charge in [0.2, 0.25) is 6.79 Å². The van der Waals surface area contributed by atoms with Crippen molar-refractivity contribution in [1.29, 1.82) is 0 Å². The third-order valence-electron chi connectivity index (χ3n) is 6.14. The highest BCUT2D eigenvalue weighted by atomic mass is 35.5. The first-order chi connectivity index (χ1) is 17.5. The Morgan fingerprint density at radius 2 is 1.81 bits per heavy atom. The van der Waals surface area contributed by atoms with Crippen LogP contribution in [-0.2, 0) is 27.3 Å². The third kappa shape index (κ3) is 7.81. The quantitative estimate of drug-likeness (QED) is 0.296. The molecule has 1 aromatic heterocycles. The molecule has 2 atom stereocenters. The first-order valence-electron chi connectivity index (χ1n) is 11.6. The number of aliphatic hydroxyl groups is 1. The van der Waals surface area contributed by atoms with Gasteiger partial charge in [0, 0.05) is 25.1 Å². The second kappa shape index (κ2) is 12.3. The van der Waals surface area contributed by atoms with Crippen LogP contribution in [-0.4, -0.2) is 61.9 Å². The van der Waals surface area contributed by atoms with Crippen LogP contribution >= 0.6 is 11.6 Å². The second-order valence-corrected chi connectivity index (χ2v) is 9.51. The largest absolute Gasteiger partial charge is 0.481 e. The number of carboxylic acid groups (broad SMARTS) is 3. The zero-order valence-corrected chi connectivity index (χ0v) is 20.9. The maximum Gasteiger partial charge on any atom is 0.336 e. The summed E-state index contributed by atoms with van der Waals surface area (Å²) in [4.78, 5) is 30.5. The van der Waals surface area contributed by atoms with Gasteiger partial charge in [0.25, 0.3) is 0 Å². The average Bonchev–Trinajstić information content (AvgIpc) is 3.53. The van der Waals surface area contributed by atoms with Crippen molar-refractivity contribution in [3.05, 3.63) is 40.2 Å². The zero-order valence-electron chi connectivity index (χ0n) is 20.1. The van der Waals surface area contributed by atoms with Crippen molar-refractivity contribution in [1.82, 2.24) is 10.5 Å². The predicted octanol–water partition coefficient (Wildman–Crippen LogP) is 2.62. The number of fused-ring (bicyclic) bond motifs is 1. The molecule has 2 heterocycles. The number of halogens is 1. The number of hydrogen-bond acceptors (Lipinski definition) is 9. The first-order valence-corrected chi connectivity index (χ1v) is 12.0. The molecule has 4 rings (SSSR count). The smallest absolute Gasteiger partial charge is 0.336 e. The van der Waals surface area contributed by atoms with Crippen LogP contribution < -0.4 is 14.8 Å². The topological polar surface area (TPSA) is 189 Å². The van der Waals surface area contributed by atoms with E-state index in [2.05, 4.69) is 10.5 Å². The standard InChI is InChI=1S/C18H21ClN2O3.C6H8O7/c1-11-5-14(24-21-11)8-13-3-2-4-16(13)20-9-12-6-15(19)18-17(7-12)22-10-23-18;7-3(8)1-6(13,5(11)12)2-4(9)10/h5-7,13,16,20H,2-4,8-10H2,1H3;13H,1-2H2,(H,7,8)(H,9,10)(H,11,12)/t13-,16+;/m0./s1. The van der Waals surface area contributed by atoms with E-state index in [9.17, 15) is 14.4 Å². The fourth-order valence-electron chi connectivity index (χ4n) is 4.41. The van der Waals surface area contributed by atoms with Gasteiger partial charge in [0.1, 0.15) is 5.76 Å². The summed E-state index contributed by atoms with van der Waals surface area (Å²) in [6.45, 7) is 2.97. The average molecular weight is 541 g/mol. The lowest BCUT2D eigenvalue weighted by Gasteiger charge is -2.20. The molecule has 0 bridgehead atoms. The zero-order chi connectivity index (χ0) is 27.2. The fraction of sp³-hybridized carbons (Fsp3) is 0.500. The lowest BCUT2D eigenvalue weighted by atomic mass is 9.96. The van der Waals surface area contributed by atoms with Crippen LogP contribution in [0.1, 0.15) is 49.1 Å². The molecule has 0 saturated heterocycles. The molecule has 2 aliphatic rings. The maximum absolute atomic E-state index is 10.3. The van der Waals surface area contributed by atoms with Crippen LogP contribution in [0.15, 0.2) is 22.7 Å². The van der Waals surface area contributed by atoms with Gasteiger partial charge >= 0.3 is 17.9 Å². The highest BCUT2D eigenvalue weighted by molar-refractivity contribution is 6.32. The van der Waals surface area contributed by atoms with E-state index >= 15 is 0 Å². The molecule has 202 valence electrons. The van der Waals surface area contributed by atoms with Crippen molar-refractivity contribution in [2.24, 2.45) is 5.92 Å². The number of aryl methyl sites for hydroxylation is 1. The molecule has 0 amide bonds. The molecule has 5 N–H and O–H groups in total. The van der Waals surface area contributed by atoms with Crippen molar-refractivity contribution in [2.45, 2.75) is 63.6 Å². The number of carbonyl (C=O) groups is 3. The van der Waals surface area contributed by atoms with E-state index in [0.29, 0.717) is 22.7 Å². The van der Waals surface area contributed by atoms with E-state index in [1.165, 1.54) is 19.3 Å². The molecule has 1 fully saturated rings. The summed E-state index contributed by atoms with van der Waals surface area (Å²) in [5, 5.41) is 42.1. The summed E-state index contributed by atoms with van der Waals surface area (Å²) in [6.07, 6.45) is 2.32. The number of aliphatic carboxylic acids is 3. The minimum Gasteiger partial charge on any atom is -0.481 e. The second-order valence-electron chi connectivity index (χ2n) is 9.11. The van der Waals surface area contributed by atoms with Crippen molar-refractivity contribution in [3.8, 4) is 11.5 Å².